The summed E-state index contributed by atoms with van der Waals surface area (Å²) in [5.74, 6) is 0. The summed E-state index contributed by atoms with van der Waals surface area (Å²) in [5, 5.41) is 10.6. The van der Waals surface area contributed by atoms with Gasteiger partial charge in [-0.3, -0.25) is 4.79 Å². The number of fused-ring (bicyclic) bond motifs is 1. The molecule has 5 nitrogen and oxygen atoms in total. The molecule has 0 atom stereocenters. The number of nitrogens with zero attached hydrogens (tertiary/aromatic N) is 2. The Morgan fingerprint density at radius 1 is 1.45 bits per heavy atom. The number of hydrogen-bond donors (Lipinski definition) is 2. The fourth-order valence-corrected chi connectivity index (χ4v) is 2.76. The first-order valence-corrected chi connectivity index (χ1v) is 7.30. The Balaban J connectivity index is 1.92. The first-order chi connectivity index (χ1) is 9.65. The van der Waals surface area contributed by atoms with Crippen LogP contribution in [0.3, 0.4) is 0 Å². The van der Waals surface area contributed by atoms with Gasteiger partial charge in [0, 0.05) is 25.0 Å². The van der Waals surface area contributed by atoms with Crippen LogP contribution in [0.2, 0.25) is 0 Å². The zero-order chi connectivity index (χ0) is 14.1. The van der Waals surface area contributed by atoms with E-state index in [1.807, 2.05) is 6.07 Å². The van der Waals surface area contributed by atoms with Gasteiger partial charge in [0.05, 0.1) is 11.9 Å². The zero-order valence-electron chi connectivity index (χ0n) is 11.1. The van der Waals surface area contributed by atoms with E-state index in [2.05, 4.69) is 43.8 Å². The summed E-state index contributed by atoms with van der Waals surface area (Å²) >= 11 is 3.32. The number of nitrogens with one attached hydrogen (secondary N) is 2. The Bertz CT molecular complexity index is 711. The maximum absolute atomic E-state index is 11.8. The third-order valence-electron chi connectivity index (χ3n) is 3.40. The second kappa shape index (κ2) is 5.28. The van der Waals surface area contributed by atoms with Gasteiger partial charge in [-0.1, -0.05) is 0 Å². The minimum absolute atomic E-state index is 0.158. The number of anilines is 3. The van der Waals surface area contributed by atoms with Gasteiger partial charge < -0.3 is 10.6 Å². The molecule has 0 amide bonds. The van der Waals surface area contributed by atoms with Crippen LogP contribution in [0, 0.1) is 0 Å². The van der Waals surface area contributed by atoms with Crippen LogP contribution in [0.25, 0.3) is 0 Å². The quantitative estimate of drug-likeness (QED) is 0.886. The standard InChI is InChI=1S/C14H15BrN4O/c1-19-14(20)13(15)12(8-17-19)18-10-4-5-11-9(7-10)3-2-6-16-11/h4-5,7-8,16,18H,2-3,6H2,1H3. The second-order valence-electron chi connectivity index (χ2n) is 4.83. The van der Waals surface area contributed by atoms with E-state index in [1.165, 1.54) is 15.9 Å². The normalized spacial score (nSPS) is 13.5. The topological polar surface area (TPSA) is 59.0 Å². The molecule has 0 bridgehead atoms. The van der Waals surface area contributed by atoms with Crippen LogP contribution >= 0.6 is 15.9 Å². The molecule has 2 heterocycles. The van der Waals surface area contributed by atoms with Crippen molar-refractivity contribution < 1.29 is 0 Å². The van der Waals surface area contributed by atoms with Gasteiger partial charge >= 0.3 is 0 Å². The van der Waals surface area contributed by atoms with E-state index in [1.54, 1.807) is 13.2 Å². The molecule has 0 unspecified atom stereocenters. The van der Waals surface area contributed by atoms with Crippen LogP contribution < -0.4 is 16.2 Å². The van der Waals surface area contributed by atoms with E-state index < -0.39 is 0 Å². The average molecular weight is 335 g/mol. The highest BCUT2D eigenvalue weighted by molar-refractivity contribution is 9.10. The fraction of sp³-hybridized carbons (Fsp3) is 0.286. The summed E-state index contributed by atoms with van der Waals surface area (Å²) in [5.41, 5.74) is 3.98. The zero-order valence-corrected chi connectivity index (χ0v) is 12.7. The Hall–Kier alpha value is -1.82. The molecule has 1 aromatic heterocycles. The van der Waals surface area contributed by atoms with Crippen molar-refractivity contribution in [2.75, 3.05) is 17.2 Å². The van der Waals surface area contributed by atoms with Gasteiger partial charge in [-0.05, 0) is 52.5 Å². The fourth-order valence-electron chi connectivity index (χ4n) is 2.31. The molecular weight excluding hydrogens is 320 g/mol. The molecule has 0 spiro atoms. The predicted molar refractivity (Wildman–Crippen MR) is 83.7 cm³/mol. The molecule has 0 saturated carbocycles. The summed E-state index contributed by atoms with van der Waals surface area (Å²) in [6.45, 7) is 1.03. The van der Waals surface area contributed by atoms with Gasteiger partial charge in [0.15, 0.2) is 0 Å². The van der Waals surface area contributed by atoms with E-state index in [0.717, 1.165) is 25.1 Å². The van der Waals surface area contributed by atoms with Gasteiger partial charge in [-0.15, -0.1) is 0 Å². The maximum atomic E-state index is 11.8. The molecule has 1 aromatic carbocycles. The number of aryl methyl sites for hydroxylation is 2. The highest BCUT2D eigenvalue weighted by Gasteiger charge is 2.11. The Morgan fingerprint density at radius 3 is 3.15 bits per heavy atom. The van der Waals surface area contributed by atoms with Crippen LogP contribution in [0.4, 0.5) is 17.1 Å². The lowest BCUT2D eigenvalue weighted by Gasteiger charge is -2.19. The van der Waals surface area contributed by atoms with Crippen molar-refractivity contribution in [1.82, 2.24) is 9.78 Å². The number of hydrogen-bond acceptors (Lipinski definition) is 4. The molecule has 2 N–H and O–H groups in total. The highest BCUT2D eigenvalue weighted by Crippen LogP contribution is 2.28. The molecule has 3 rings (SSSR count). The molecule has 2 aromatic rings. The van der Waals surface area contributed by atoms with Crippen LogP contribution in [-0.2, 0) is 13.5 Å². The average Bonchev–Trinajstić information content (AvgIpc) is 2.48. The van der Waals surface area contributed by atoms with Crippen molar-refractivity contribution in [2.45, 2.75) is 12.8 Å². The van der Waals surface area contributed by atoms with Crippen LogP contribution in [0.5, 0.6) is 0 Å². The van der Waals surface area contributed by atoms with Crippen LogP contribution in [0.1, 0.15) is 12.0 Å². The first-order valence-electron chi connectivity index (χ1n) is 6.51. The van der Waals surface area contributed by atoms with Gasteiger partial charge in [0.1, 0.15) is 4.47 Å². The van der Waals surface area contributed by atoms with Gasteiger partial charge in [0.2, 0.25) is 0 Å². The third kappa shape index (κ3) is 2.43. The summed E-state index contributed by atoms with van der Waals surface area (Å²) < 4.78 is 1.79. The van der Waals surface area contributed by atoms with Gasteiger partial charge in [-0.2, -0.15) is 5.10 Å². The third-order valence-corrected chi connectivity index (χ3v) is 4.17. The number of halogens is 1. The van der Waals surface area contributed by atoms with Crippen LogP contribution in [0.15, 0.2) is 33.7 Å². The van der Waals surface area contributed by atoms with Crippen LogP contribution in [-0.4, -0.2) is 16.3 Å². The van der Waals surface area contributed by atoms with E-state index >= 15 is 0 Å². The first kappa shape index (κ1) is 13.2. The minimum Gasteiger partial charge on any atom is -0.385 e. The van der Waals surface area contributed by atoms with Gasteiger partial charge in [-0.25, -0.2) is 4.68 Å². The minimum atomic E-state index is -0.158. The summed E-state index contributed by atoms with van der Waals surface area (Å²) in [7, 11) is 1.63. The van der Waals surface area contributed by atoms with Crippen molar-refractivity contribution in [3.8, 4) is 0 Å². The molecule has 104 valence electrons. The van der Waals surface area contributed by atoms with Gasteiger partial charge in [0.25, 0.3) is 5.56 Å². The maximum Gasteiger partial charge on any atom is 0.282 e. The smallest absolute Gasteiger partial charge is 0.282 e. The summed E-state index contributed by atoms with van der Waals surface area (Å²) in [6, 6.07) is 6.19. The SMILES string of the molecule is Cn1ncc(Nc2ccc3c(c2)CCCN3)c(Br)c1=O. The second-order valence-corrected chi connectivity index (χ2v) is 5.62. The lowest BCUT2D eigenvalue weighted by Crippen LogP contribution is -2.20. The summed E-state index contributed by atoms with van der Waals surface area (Å²) in [4.78, 5) is 11.8. The van der Waals surface area contributed by atoms with E-state index in [4.69, 9.17) is 0 Å². The number of rotatable bonds is 2. The molecule has 6 heteroatoms. The molecule has 0 aliphatic carbocycles. The lowest BCUT2D eigenvalue weighted by atomic mass is 10.0. The molecule has 0 saturated heterocycles. The molecule has 1 aliphatic rings. The Kier molecular flexibility index (Phi) is 3.48. The lowest BCUT2D eigenvalue weighted by molar-refractivity contribution is 0.704. The van der Waals surface area contributed by atoms with Crippen molar-refractivity contribution in [3.63, 3.8) is 0 Å². The molecule has 1 aliphatic heterocycles. The molecule has 0 fully saturated rings. The predicted octanol–water partition coefficient (Wildman–Crippen LogP) is 2.64. The summed E-state index contributed by atoms with van der Waals surface area (Å²) in [6.07, 6.45) is 3.87. The van der Waals surface area contributed by atoms with E-state index in [9.17, 15) is 4.79 Å². The number of aromatic nitrogens is 2. The largest absolute Gasteiger partial charge is 0.385 e. The van der Waals surface area contributed by atoms with Crippen molar-refractivity contribution in [2.24, 2.45) is 7.05 Å². The monoisotopic (exact) mass is 334 g/mol. The van der Waals surface area contributed by atoms with Crippen molar-refractivity contribution in [1.29, 1.82) is 0 Å². The number of benzene rings is 1. The Labute approximate surface area is 125 Å². The molecule has 0 radical (unpaired) electrons. The highest BCUT2D eigenvalue weighted by atomic mass is 79.9. The van der Waals surface area contributed by atoms with E-state index in [0.29, 0.717) is 10.2 Å². The van der Waals surface area contributed by atoms with Crippen molar-refractivity contribution >= 4 is 33.0 Å². The molecule has 20 heavy (non-hydrogen) atoms. The van der Waals surface area contributed by atoms with Crippen molar-refractivity contribution in [3.05, 3.63) is 44.8 Å². The molecular formula is C14H15BrN4O. The van der Waals surface area contributed by atoms with E-state index in [-0.39, 0.29) is 5.56 Å². The Morgan fingerprint density at radius 2 is 2.30 bits per heavy atom.